The first-order valence-corrected chi connectivity index (χ1v) is 6.78. The maximum absolute atomic E-state index is 5.74. The van der Waals surface area contributed by atoms with E-state index >= 15 is 0 Å². The third kappa shape index (κ3) is 2.38. The van der Waals surface area contributed by atoms with Crippen molar-refractivity contribution in [1.29, 1.82) is 0 Å². The van der Waals surface area contributed by atoms with Crippen LogP contribution in [0.15, 0.2) is 12.1 Å². The van der Waals surface area contributed by atoms with Crippen LogP contribution in [-0.2, 0) is 6.42 Å². The van der Waals surface area contributed by atoms with Gasteiger partial charge < -0.3 is 20.2 Å². The maximum Gasteiger partial charge on any atom is 0.163 e. The van der Waals surface area contributed by atoms with Gasteiger partial charge in [-0.1, -0.05) is 13.3 Å². The van der Waals surface area contributed by atoms with Crippen LogP contribution in [0, 0.1) is 5.92 Å². The minimum Gasteiger partial charge on any atom is -0.486 e. The normalized spacial score (nSPS) is 15.7. The number of aromatic amines is 1. The van der Waals surface area contributed by atoms with Crippen LogP contribution in [0.5, 0.6) is 11.5 Å². The summed E-state index contributed by atoms with van der Waals surface area (Å²) in [7, 11) is 0. The number of aromatic nitrogens is 2. The molecule has 1 unspecified atom stereocenters. The van der Waals surface area contributed by atoms with E-state index in [0.29, 0.717) is 25.7 Å². The highest BCUT2D eigenvalue weighted by Gasteiger charge is 2.15. The Morgan fingerprint density at radius 1 is 1.32 bits per heavy atom. The molecule has 2 aromatic rings. The van der Waals surface area contributed by atoms with Crippen molar-refractivity contribution >= 4 is 11.0 Å². The fourth-order valence-corrected chi connectivity index (χ4v) is 2.36. The van der Waals surface area contributed by atoms with Crippen LogP contribution >= 0.6 is 0 Å². The van der Waals surface area contributed by atoms with E-state index < -0.39 is 0 Å². The molecule has 1 aliphatic rings. The maximum atomic E-state index is 5.74. The summed E-state index contributed by atoms with van der Waals surface area (Å²) in [6.07, 6.45) is 1.95. The van der Waals surface area contributed by atoms with E-state index in [1.54, 1.807) is 0 Å². The molecule has 0 spiro atoms. The lowest BCUT2D eigenvalue weighted by atomic mass is 10.0. The predicted octanol–water partition coefficient (Wildman–Crippen LogP) is 1.86. The van der Waals surface area contributed by atoms with Gasteiger partial charge in [-0.15, -0.1) is 0 Å². The summed E-state index contributed by atoms with van der Waals surface area (Å²) in [5, 5.41) is 0. The number of fused-ring (bicyclic) bond motifs is 2. The first-order chi connectivity index (χ1) is 9.30. The van der Waals surface area contributed by atoms with Crippen LogP contribution in [0.3, 0.4) is 0 Å². The molecule has 1 aliphatic heterocycles. The monoisotopic (exact) mass is 261 g/mol. The van der Waals surface area contributed by atoms with E-state index in [1.165, 1.54) is 0 Å². The van der Waals surface area contributed by atoms with E-state index in [2.05, 4.69) is 16.9 Å². The van der Waals surface area contributed by atoms with Gasteiger partial charge in [0.25, 0.3) is 0 Å². The van der Waals surface area contributed by atoms with Crippen molar-refractivity contribution in [2.75, 3.05) is 19.8 Å². The number of imidazole rings is 1. The number of nitrogens with zero attached hydrogens (tertiary/aromatic N) is 1. The molecule has 0 amide bonds. The molecule has 5 heteroatoms. The lowest BCUT2D eigenvalue weighted by Gasteiger charge is -2.17. The fraction of sp³-hybridized carbons (Fsp3) is 0.500. The summed E-state index contributed by atoms with van der Waals surface area (Å²) in [6.45, 7) is 4.04. The Labute approximate surface area is 112 Å². The second kappa shape index (κ2) is 5.09. The molecule has 19 heavy (non-hydrogen) atoms. The van der Waals surface area contributed by atoms with Gasteiger partial charge in [0.15, 0.2) is 11.5 Å². The van der Waals surface area contributed by atoms with Crippen LogP contribution < -0.4 is 15.2 Å². The van der Waals surface area contributed by atoms with Crippen molar-refractivity contribution in [3.8, 4) is 11.5 Å². The number of H-pyrrole nitrogens is 1. The van der Waals surface area contributed by atoms with Crippen LogP contribution in [0.1, 0.15) is 19.2 Å². The number of rotatable bonds is 4. The van der Waals surface area contributed by atoms with Crippen molar-refractivity contribution in [2.45, 2.75) is 19.8 Å². The quantitative estimate of drug-likeness (QED) is 0.881. The third-order valence-electron chi connectivity index (χ3n) is 3.59. The van der Waals surface area contributed by atoms with Gasteiger partial charge in [-0.2, -0.15) is 0 Å². The topological polar surface area (TPSA) is 73.2 Å². The molecule has 1 atom stereocenters. The summed E-state index contributed by atoms with van der Waals surface area (Å²) in [5.41, 5.74) is 7.66. The zero-order valence-electron chi connectivity index (χ0n) is 11.1. The van der Waals surface area contributed by atoms with E-state index in [0.717, 1.165) is 41.2 Å². The average molecular weight is 261 g/mol. The first-order valence-electron chi connectivity index (χ1n) is 6.78. The Balaban J connectivity index is 1.92. The zero-order chi connectivity index (χ0) is 13.2. The fourth-order valence-electron chi connectivity index (χ4n) is 2.36. The molecule has 0 aliphatic carbocycles. The van der Waals surface area contributed by atoms with Gasteiger partial charge >= 0.3 is 0 Å². The second-order valence-electron chi connectivity index (χ2n) is 4.91. The molecule has 1 aromatic heterocycles. The van der Waals surface area contributed by atoms with E-state index in [4.69, 9.17) is 15.2 Å². The molecule has 1 aromatic carbocycles. The largest absolute Gasteiger partial charge is 0.486 e. The van der Waals surface area contributed by atoms with Crippen molar-refractivity contribution < 1.29 is 9.47 Å². The smallest absolute Gasteiger partial charge is 0.163 e. The number of hydrogen-bond donors (Lipinski definition) is 2. The van der Waals surface area contributed by atoms with E-state index in [-0.39, 0.29) is 0 Å². The van der Waals surface area contributed by atoms with Gasteiger partial charge in [0.1, 0.15) is 19.0 Å². The molecular formula is C14H19N3O2. The van der Waals surface area contributed by atoms with Gasteiger partial charge in [-0.3, -0.25) is 0 Å². The highest BCUT2D eigenvalue weighted by atomic mass is 16.6. The average Bonchev–Trinajstić information content (AvgIpc) is 2.83. The molecule has 2 heterocycles. The molecule has 3 rings (SSSR count). The first kappa shape index (κ1) is 12.3. The molecular weight excluding hydrogens is 242 g/mol. The number of nitrogens with one attached hydrogen (secondary N) is 1. The van der Waals surface area contributed by atoms with Crippen LogP contribution in [0.2, 0.25) is 0 Å². The molecule has 0 saturated heterocycles. The Morgan fingerprint density at radius 3 is 2.74 bits per heavy atom. The summed E-state index contributed by atoms with van der Waals surface area (Å²) in [5.74, 6) is 3.03. The van der Waals surface area contributed by atoms with Crippen molar-refractivity contribution in [3.05, 3.63) is 18.0 Å². The number of ether oxygens (including phenoxy) is 2. The van der Waals surface area contributed by atoms with Crippen molar-refractivity contribution in [2.24, 2.45) is 11.7 Å². The summed E-state index contributed by atoms with van der Waals surface area (Å²) >= 11 is 0. The lowest BCUT2D eigenvalue weighted by Crippen LogP contribution is -2.16. The minimum absolute atomic E-state index is 0.475. The van der Waals surface area contributed by atoms with Gasteiger partial charge in [-0.05, 0) is 12.5 Å². The summed E-state index contributed by atoms with van der Waals surface area (Å²) in [4.78, 5) is 7.95. The zero-order valence-corrected chi connectivity index (χ0v) is 11.1. The molecule has 0 radical (unpaired) electrons. The third-order valence-corrected chi connectivity index (χ3v) is 3.59. The number of benzene rings is 1. The van der Waals surface area contributed by atoms with Crippen LogP contribution in [0.4, 0.5) is 0 Å². The Hall–Kier alpha value is -1.75. The van der Waals surface area contributed by atoms with Gasteiger partial charge in [0.2, 0.25) is 0 Å². The molecule has 3 N–H and O–H groups in total. The lowest BCUT2D eigenvalue weighted by molar-refractivity contribution is 0.172. The van der Waals surface area contributed by atoms with Crippen molar-refractivity contribution in [1.82, 2.24) is 9.97 Å². The Kier molecular flexibility index (Phi) is 3.29. The van der Waals surface area contributed by atoms with Crippen LogP contribution in [-0.4, -0.2) is 29.7 Å². The van der Waals surface area contributed by atoms with Gasteiger partial charge in [0.05, 0.1) is 11.0 Å². The Bertz CT molecular complexity index is 532. The van der Waals surface area contributed by atoms with Crippen LogP contribution in [0.25, 0.3) is 11.0 Å². The van der Waals surface area contributed by atoms with Gasteiger partial charge in [-0.25, -0.2) is 4.98 Å². The van der Waals surface area contributed by atoms with E-state index in [9.17, 15) is 0 Å². The Morgan fingerprint density at radius 2 is 2.05 bits per heavy atom. The van der Waals surface area contributed by atoms with Gasteiger partial charge in [0, 0.05) is 18.6 Å². The highest BCUT2D eigenvalue weighted by molar-refractivity contribution is 5.79. The summed E-state index contributed by atoms with van der Waals surface area (Å²) in [6, 6.07) is 3.90. The number of nitrogens with two attached hydrogens (primary N) is 1. The molecule has 0 fully saturated rings. The number of hydrogen-bond acceptors (Lipinski definition) is 4. The van der Waals surface area contributed by atoms with E-state index in [1.807, 2.05) is 12.1 Å². The molecule has 102 valence electrons. The minimum atomic E-state index is 0.475. The standard InChI is InChI=1S/C14H19N3O2/c1-2-9(8-15)5-14-16-10-6-12-13(7-11(10)17-14)19-4-3-18-12/h6-7,9H,2-5,8,15H2,1H3,(H,16,17). The molecule has 5 nitrogen and oxygen atoms in total. The predicted molar refractivity (Wildman–Crippen MR) is 73.6 cm³/mol. The second-order valence-corrected chi connectivity index (χ2v) is 4.91. The highest BCUT2D eigenvalue weighted by Crippen LogP contribution is 2.33. The summed E-state index contributed by atoms with van der Waals surface area (Å²) < 4.78 is 11.1. The molecule has 0 saturated carbocycles. The SMILES string of the molecule is CCC(CN)Cc1nc2cc3c(cc2[nH]1)OCCO3. The van der Waals surface area contributed by atoms with Crippen molar-refractivity contribution in [3.63, 3.8) is 0 Å². The molecule has 0 bridgehead atoms.